The summed E-state index contributed by atoms with van der Waals surface area (Å²) >= 11 is 0. The third kappa shape index (κ3) is 4.01. The van der Waals surface area contributed by atoms with E-state index in [9.17, 15) is 14.0 Å². The van der Waals surface area contributed by atoms with Crippen molar-refractivity contribution < 1.29 is 14.0 Å². The molecule has 2 aromatic rings. The van der Waals surface area contributed by atoms with Crippen LogP contribution in [0, 0.1) is 5.82 Å². The van der Waals surface area contributed by atoms with Crippen LogP contribution in [0.2, 0.25) is 0 Å². The minimum atomic E-state index is -0.375. The van der Waals surface area contributed by atoms with E-state index in [2.05, 4.69) is 10.6 Å². The van der Waals surface area contributed by atoms with Crippen LogP contribution < -0.4 is 10.6 Å². The minimum absolute atomic E-state index is 0.0567. The quantitative estimate of drug-likeness (QED) is 0.838. The Morgan fingerprint density at radius 2 is 1.68 bits per heavy atom. The Bertz CT molecular complexity index is 844. The van der Waals surface area contributed by atoms with Gasteiger partial charge >= 0.3 is 6.03 Å². The lowest BCUT2D eigenvalue weighted by Gasteiger charge is -2.48. The summed E-state index contributed by atoms with van der Waals surface area (Å²) in [4.78, 5) is 27.2. The third-order valence-corrected chi connectivity index (χ3v) is 5.66. The number of hydrogen-bond acceptors (Lipinski definition) is 2. The Hall–Kier alpha value is -2.89. The first-order valence-corrected chi connectivity index (χ1v) is 9.81. The van der Waals surface area contributed by atoms with Crippen molar-refractivity contribution in [2.75, 3.05) is 5.32 Å². The number of anilines is 1. The zero-order valence-electron chi connectivity index (χ0n) is 15.6. The SMILES string of the molecule is O=C(NC1C[C@H]2CCC[C@H](C1)N2C(=O)Nc1cccc(F)c1)c1ccccc1. The number of urea groups is 1. The van der Waals surface area contributed by atoms with Crippen molar-refractivity contribution >= 4 is 17.6 Å². The molecule has 2 fully saturated rings. The van der Waals surface area contributed by atoms with Crippen molar-refractivity contribution in [3.63, 3.8) is 0 Å². The van der Waals surface area contributed by atoms with E-state index in [0.717, 1.165) is 32.1 Å². The van der Waals surface area contributed by atoms with Crippen LogP contribution in [0.5, 0.6) is 0 Å². The molecule has 146 valence electrons. The monoisotopic (exact) mass is 381 g/mol. The molecule has 0 radical (unpaired) electrons. The molecule has 2 aromatic carbocycles. The highest BCUT2D eigenvalue weighted by Crippen LogP contribution is 2.34. The summed E-state index contributed by atoms with van der Waals surface area (Å²) < 4.78 is 13.4. The van der Waals surface area contributed by atoms with E-state index in [1.54, 1.807) is 24.3 Å². The number of halogens is 1. The van der Waals surface area contributed by atoms with Gasteiger partial charge in [-0.25, -0.2) is 9.18 Å². The zero-order valence-corrected chi connectivity index (χ0v) is 15.6. The zero-order chi connectivity index (χ0) is 19.5. The molecule has 2 aliphatic heterocycles. The molecule has 0 aliphatic carbocycles. The second kappa shape index (κ2) is 8.00. The van der Waals surface area contributed by atoms with Crippen molar-refractivity contribution in [1.82, 2.24) is 10.2 Å². The van der Waals surface area contributed by atoms with Gasteiger partial charge in [-0.2, -0.15) is 0 Å². The van der Waals surface area contributed by atoms with Crippen LogP contribution in [-0.4, -0.2) is 35.0 Å². The molecule has 0 aromatic heterocycles. The van der Waals surface area contributed by atoms with Gasteiger partial charge in [0.1, 0.15) is 5.82 Å². The van der Waals surface area contributed by atoms with E-state index < -0.39 is 0 Å². The Morgan fingerprint density at radius 3 is 2.36 bits per heavy atom. The molecule has 2 heterocycles. The number of hydrogen-bond donors (Lipinski definition) is 2. The number of nitrogens with one attached hydrogen (secondary N) is 2. The van der Waals surface area contributed by atoms with Gasteiger partial charge < -0.3 is 15.5 Å². The average molecular weight is 381 g/mol. The molecule has 0 unspecified atom stereocenters. The molecular weight excluding hydrogens is 357 g/mol. The normalized spacial score (nSPS) is 23.8. The van der Waals surface area contributed by atoms with Gasteiger partial charge in [0.15, 0.2) is 0 Å². The van der Waals surface area contributed by atoms with Gasteiger partial charge in [-0.1, -0.05) is 24.3 Å². The molecule has 2 bridgehead atoms. The summed E-state index contributed by atoms with van der Waals surface area (Å²) in [6, 6.07) is 15.2. The lowest BCUT2D eigenvalue weighted by atomic mass is 9.82. The van der Waals surface area contributed by atoms with Gasteiger partial charge in [0.25, 0.3) is 5.91 Å². The van der Waals surface area contributed by atoms with Crippen molar-refractivity contribution in [2.24, 2.45) is 0 Å². The van der Waals surface area contributed by atoms with E-state index in [-0.39, 0.29) is 35.9 Å². The molecule has 2 N–H and O–H groups in total. The first kappa shape index (κ1) is 18.5. The minimum Gasteiger partial charge on any atom is -0.349 e. The topological polar surface area (TPSA) is 61.4 Å². The average Bonchev–Trinajstić information content (AvgIpc) is 2.68. The summed E-state index contributed by atoms with van der Waals surface area (Å²) in [6.45, 7) is 0. The highest BCUT2D eigenvalue weighted by Gasteiger charge is 2.41. The molecule has 5 nitrogen and oxygen atoms in total. The third-order valence-electron chi connectivity index (χ3n) is 5.66. The molecule has 6 heteroatoms. The fraction of sp³-hybridized carbons (Fsp3) is 0.364. The largest absolute Gasteiger partial charge is 0.349 e. The van der Waals surface area contributed by atoms with Gasteiger partial charge in [0.05, 0.1) is 0 Å². The van der Waals surface area contributed by atoms with Crippen molar-refractivity contribution in [1.29, 1.82) is 0 Å². The number of rotatable bonds is 3. The van der Waals surface area contributed by atoms with E-state index in [1.165, 1.54) is 12.1 Å². The molecular formula is C22H24FN3O2. The number of carbonyl (C=O) groups is 2. The highest BCUT2D eigenvalue weighted by atomic mass is 19.1. The Kier molecular flexibility index (Phi) is 5.28. The molecule has 2 saturated heterocycles. The number of amides is 3. The van der Waals surface area contributed by atoms with E-state index in [1.807, 2.05) is 23.1 Å². The van der Waals surface area contributed by atoms with E-state index in [4.69, 9.17) is 0 Å². The first-order chi connectivity index (χ1) is 13.6. The highest BCUT2D eigenvalue weighted by molar-refractivity contribution is 5.94. The number of carbonyl (C=O) groups excluding carboxylic acids is 2. The maximum atomic E-state index is 13.4. The fourth-order valence-corrected chi connectivity index (χ4v) is 4.44. The number of fused-ring (bicyclic) bond motifs is 2. The lowest BCUT2D eigenvalue weighted by molar-refractivity contribution is 0.0577. The number of benzene rings is 2. The Labute approximate surface area is 163 Å². The van der Waals surface area contributed by atoms with Crippen LogP contribution in [0.1, 0.15) is 42.5 Å². The van der Waals surface area contributed by atoms with Crippen LogP contribution >= 0.6 is 0 Å². The standard InChI is InChI=1S/C22H24FN3O2/c23-16-8-4-9-17(12-16)25-22(28)26-19-10-5-11-20(26)14-18(13-19)24-21(27)15-6-2-1-3-7-15/h1-4,6-9,12,18-20H,5,10-11,13-14H2,(H,24,27)(H,25,28)/t19-,20-/m1/s1. The molecule has 0 spiro atoms. The van der Waals surface area contributed by atoms with Crippen LogP contribution in [0.4, 0.5) is 14.9 Å². The van der Waals surface area contributed by atoms with Gasteiger partial charge in [0.2, 0.25) is 0 Å². The van der Waals surface area contributed by atoms with Crippen LogP contribution in [0.3, 0.4) is 0 Å². The summed E-state index contributed by atoms with van der Waals surface area (Å²) in [6.07, 6.45) is 4.41. The molecule has 28 heavy (non-hydrogen) atoms. The number of piperidine rings is 2. The van der Waals surface area contributed by atoms with Crippen LogP contribution in [0.25, 0.3) is 0 Å². The lowest BCUT2D eigenvalue weighted by Crippen LogP contribution is -2.59. The Morgan fingerprint density at radius 1 is 0.964 bits per heavy atom. The summed E-state index contributed by atoms with van der Waals surface area (Å²) in [7, 11) is 0. The van der Waals surface area contributed by atoms with Gasteiger partial charge in [-0.3, -0.25) is 4.79 Å². The number of nitrogens with zero attached hydrogens (tertiary/aromatic N) is 1. The molecule has 4 rings (SSSR count). The van der Waals surface area contributed by atoms with Crippen LogP contribution in [-0.2, 0) is 0 Å². The second-order valence-electron chi connectivity index (χ2n) is 7.59. The molecule has 2 aliphatic rings. The van der Waals surface area contributed by atoms with Crippen molar-refractivity contribution in [2.45, 2.75) is 50.2 Å². The predicted molar refractivity (Wildman–Crippen MR) is 106 cm³/mol. The van der Waals surface area contributed by atoms with Gasteiger partial charge in [0, 0.05) is 29.4 Å². The molecule has 2 atom stereocenters. The van der Waals surface area contributed by atoms with Gasteiger partial charge in [-0.15, -0.1) is 0 Å². The van der Waals surface area contributed by atoms with Crippen molar-refractivity contribution in [3.8, 4) is 0 Å². The smallest absolute Gasteiger partial charge is 0.322 e. The Balaban J connectivity index is 1.42. The van der Waals surface area contributed by atoms with Crippen molar-refractivity contribution in [3.05, 3.63) is 66.0 Å². The summed E-state index contributed by atoms with van der Waals surface area (Å²) in [5, 5.41) is 5.96. The fourth-order valence-electron chi connectivity index (χ4n) is 4.44. The van der Waals surface area contributed by atoms with Crippen LogP contribution in [0.15, 0.2) is 54.6 Å². The van der Waals surface area contributed by atoms with E-state index >= 15 is 0 Å². The summed E-state index contributed by atoms with van der Waals surface area (Å²) in [5.74, 6) is -0.443. The molecule has 3 amide bonds. The maximum Gasteiger partial charge on any atom is 0.322 e. The predicted octanol–water partition coefficient (Wildman–Crippen LogP) is 4.17. The maximum absolute atomic E-state index is 13.4. The first-order valence-electron chi connectivity index (χ1n) is 9.81. The summed E-state index contributed by atoms with van der Waals surface area (Å²) in [5.41, 5.74) is 1.11. The molecule has 0 saturated carbocycles. The second-order valence-corrected chi connectivity index (χ2v) is 7.59. The van der Waals surface area contributed by atoms with E-state index in [0.29, 0.717) is 11.3 Å². The van der Waals surface area contributed by atoms with Gasteiger partial charge in [-0.05, 0) is 62.4 Å².